The first-order chi connectivity index (χ1) is 14.7. The van der Waals surface area contributed by atoms with Gasteiger partial charge in [0.25, 0.3) is 0 Å². The van der Waals surface area contributed by atoms with E-state index in [2.05, 4.69) is 20.1 Å². The van der Waals surface area contributed by atoms with E-state index >= 15 is 0 Å². The van der Waals surface area contributed by atoms with Crippen LogP contribution >= 0.6 is 0 Å². The third-order valence-corrected chi connectivity index (χ3v) is 5.78. The van der Waals surface area contributed by atoms with Crippen molar-refractivity contribution in [1.29, 1.82) is 0 Å². The molecule has 0 spiro atoms. The second kappa shape index (κ2) is 6.77. The van der Waals surface area contributed by atoms with Crippen molar-refractivity contribution in [3.63, 3.8) is 0 Å². The Labute approximate surface area is 173 Å². The van der Waals surface area contributed by atoms with Gasteiger partial charge in [-0.3, -0.25) is 4.98 Å². The zero-order valence-corrected chi connectivity index (χ0v) is 16.1. The molecule has 0 aliphatic heterocycles. The highest BCUT2D eigenvalue weighted by atomic mass is 19.4. The van der Waals surface area contributed by atoms with Gasteiger partial charge in [-0.15, -0.1) is 5.10 Å². The largest absolute Gasteiger partial charge is 0.506 e. The average Bonchev–Trinajstić information content (AvgIpc) is 3.13. The highest BCUT2D eigenvalue weighted by Gasteiger charge is 2.39. The molecule has 0 saturated heterocycles. The highest BCUT2D eigenvalue weighted by Crippen LogP contribution is 2.47. The van der Waals surface area contributed by atoms with Gasteiger partial charge in [0.2, 0.25) is 5.95 Å². The molecular formula is C20H18F3N7O. The number of hydrogen-bond acceptors (Lipinski definition) is 7. The molecule has 31 heavy (non-hydrogen) atoms. The van der Waals surface area contributed by atoms with Crippen molar-refractivity contribution in [2.75, 3.05) is 5.73 Å². The zero-order valence-electron chi connectivity index (χ0n) is 16.1. The molecule has 1 atom stereocenters. The lowest BCUT2D eigenvalue weighted by atomic mass is 9.71. The van der Waals surface area contributed by atoms with Crippen molar-refractivity contribution in [2.45, 2.75) is 36.9 Å². The molecule has 160 valence electrons. The molecule has 3 aromatic heterocycles. The van der Waals surface area contributed by atoms with Gasteiger partial charge in [-0.05, 0) is 42.5 Å². The first-order valence-electron chi connectivity index (χ1n) is 9.64. The zero-order chi connectivity index (χ0) is 21.9. The van der Waals surface area contributed by atoms with Crippen molar-refractivity contribution >= 4 is 22.5 Å². The number of fused-ring (bicyclic) bond motifs is 3. The van der Waals surface area contributed by atoms with Crippen LogP contribution in [0.15, 0.2) is 36.5 Å². The number of nitrogen functional groups attached to an aromatic ring is 1. The van der Waals surface area contributed by atoms with Crippen molar-refractivity contribution in [3.05, 3.63) is 53.6 Å². The molecule has 0 bridgehead atoms. The van der Waals surface area contributed by atoms with E-state index in [4.69, 9.17) is 11.5 Å². The number of pyridine rings is 1. The molecule has 0 amide bonds. The Morgan fingerprint density at radius 3 is 2.55 bits per heavy atom. The summed E-state index contributed by atoms with van der Waals surface area (Å²) in [7, 11) is 0. The number of aromatic hydroxyl groups is 1. The molecule has 1 fully saturated rings. The van der Waals surface area contributed by atoms with Crippen molar-refractivity contribution in [3.8, 4) is 5.75 Å². The number of phenolic OH excluding ortho intramolecular Hbond substituents is 1. The van der Waals surface area contributed by atoms with Gasteiger partial charge in [0, 0.05) is 17.5 Å². The fourth-order valence-corrected chi connectivity index (χ4v) is 3.94. The van der Waals surface area contributed by atoms with E-state index < -0.39 is 12.2 Å². The third kappa shape index (κ3) is 3.21. The molecule has 1 aliphatic rings. The van der Waals surface area contributed by atoms with Gasteiger partial charge < -0.3 is 16.6 Å². The number of nitrogens with two attached hydrogens (primary N) is 2. The molecule has 8 nitrogen and oxygen atoms in total. The molecule has 3 heterocycles. The number of aromatic nitrogens is 5. The lowest BCUT2D eigenvalue weighted by molar-refractivity contribution is -0.150. The van der Waals surface area contributed by atoms with Crippen LogP contribution in [0.1, 0.15) is 47.8 Å². The molecule has 0 unspecified atom stereocenters. The van der Waals surface area contributed by atoms with E-state index in [9.17, 15) is 18.3 Å². The summed E-state index contributed by atoms with van der Waals surface area (Å²) in [4.78, 5) is 12.7. The van der Waals surface area contributed by atoms with E-state index in [0.29, 0.717) is 22.4 Å². The molecular weight excluding hydrogens is 411 g/mol. The lowest BCUT2D eigenvalue weighted by Gasteiger charge is -2.33. The second-order valence-corrected chi connectivity index (χ2v) is 7.75. The predicted octanol–water partition coefficient (Wildman–Crippen LogP) is 3.18. The van der Waals surface area contributed by atoms with Gasteiger partial charge in [0.15, 0.2) is 11.5 Å². The number of nitrogens with zero attached hydrogens (tertiary/aromatic N) is 5. The Balaban J connectivity index is 1.37. The van der Waals surface area contributed by atoms with Gasteiger partial charge in [-0.2, -0.15) is 17.7 Å². The van der Waals surface area contributed by atoms with E-state index in [1.54, 1.807) is 18.2 Å². The highest BCUT2D eigenvalue weighted by molar-refractivity contribution is 5.95. The van der Waals surface area contributed by atoms with Crippen molar-refractivity contribution < 1.29 is 18.3 Å². The number of hydrogen-bond donors (Lipinski definition) is 3. The van der Waals surface area contributed by atoms with Gasteiger partial charge >= 0.3 is 6.18 Å². The summed E-state index contributed by atoms with van der Waals surface area (Å²) in [5.41, 5.74) is 12.7. The predicted molar refractivity (Wildman–Crippen MR) is 106 cm³/mol. The standard InChI is InChI=1S/C20H18F3N7O/c21-20(22,23)16(24)13-5-4-9(8-26-13)10-6-11(7-10)17-28-18-12-2-1-3-14(31)15(12)27-19(25)30(18)29-17/h1-5,8,10-11,16,31H,6-7,24H2,(H2,25,27)/t10?,11?,16-/m1/s1. The van der Waals surface area contributed by atoms with Crippen molar-refractivity contribution in [2.24, 2.45) is 5.73 Å². The minimum atomic E-state index is -4.53. The van der Waals surface area contributed by atoms with E-state index in [-0.39, 0.29) is 29.2 Å². The van der Waals surface area contributed by atoms with Gasteiger partial charge in [-0.1, -0.05) is 12.1 Å². The molecule has 11 heteroatoms. The van der Waals surface area contributed by atoms with E-state index in [0.717, 1.165) is 18.4 Å². The van der Waals surface area contributed by atoms with E-state index in [1.807, 2.05) is 0 Å². The van der Waals surface area contributed by atoms with Crippen LogP contribution in [0, 0.1) is 0 Å². The SMILES string of the molecule is Nc1nc2c(O)cccc2c2nc(C3CC(c4ccc([C@@H](N)C(F)(F)F)nc4)C3)nn12. The first-order valence-corrected chi connectivity index (χ1v) is 9.64. The molecule has 5 rings (SSSR count). The molecule has 4 aromatic rings. The summed E-state index contributed by atoms with van der Waals surface area (Å²) in [5, 5.41) is 15.2. The van der Waals surface area contributed by atoms with Crippen LogP contribution in [0.5, 0.6) is 5.75 Å². The minimum absolute atomic E-state index is 0.0150. The van der Waals surface area contributed by atoms with Crippen LogP contribution < -0.4 is 11.5 Å². The summed E-state index contributed by atoms with van der Waals surface area (Å²) < 4.78 is 39.7. The average molecular weight is 429 g/mol. The summed E-state index contributed by atoms with van der Waals surface area (Å²) >= 11 is 0. The Hall–Kier alpha value is -3.47. The third-order valence-electron chi connectivity index (χ3n) is 5.78. The Kier molecular flexibility index (Phi) is 4.26. The smallest absolute Gasteiger partial charge is 0.409 e. The molecule has 1 aromatic carbocycles. The monoisotopic (exact) mass is 429 g/mol. The number of benzene rings is 1. The number of anilines is 1. The summed E-state index contributed by atoms with van der Waals surface area (Å²) in [6.07, 6.45) is -1.60. The molecule has 1 saturated carbocycles. The number of rotatable bonds is 3. The van der Waals surface area contributed by atoms with Crippen LogP contribution in [0.25, 0.3) is 16.6 Å². The molecule has 1 aliphatic carbocycles. The van der Waals surface area contributed by atoms with Crippen LogP contribution in [-0.4, -0.2) is 35.8 Å². The topological polar surface area (TPSA) is 128 Å². The molecule has 0 radical (unpaired) electrons. The summed E-state index contributed by atoms with van der Waals surface area (Å²) in [5.74, 6) is 0.982. The number of alkyl halides is 3. The van der Waals surface area contributed by atoms with Crippen LogP contribution in [0.3, 0.4) is 0 Å². The fraction of sp³-hybridized carbons (Fsp3) is 0.300. The Bertz CT molecular complexity index is 1280. The lowest BCUT2D eigenvalue weighted by Crippen LogP contribution is -2.29. The van der Waals surface area contributed by atoms with Gasteiger partial charge in [0.05, 0.1) is 5.69 Å². The number of halogens is 3. The number of para-hydroxylation sites is 1. The Morgan fingerprint density at radius 1 is 1.10 bits per heavy atom. The summed E-state index contributed by atoms with van der Waals surface area (Å²) in [6, 6.07) is 5.90. The maximum Gasteiger partial charge on any atom is 0.409 e. The van der Waals surface area contributed by atoms with Gasteiger partial charge in [0.1, 0.15) is 17.3 Å². The van der Waals surface area contributed by atoms with Crippen LogP contribution in [-0.2, 0) is 0 Å². The maximum atomic E-state index is 12.7. The summed E-state index contributed by atoms with van der Waals surface area (Å²) in [6.45, 7) is 0. The van der Waals surface area contributed by atoms with Crippen LogP contribution in [0.4, 0.5) is 19.1 Å². The van der Waals surface area contributed by atoms with Gasteiger partial charge in [-0.25, -0.2) is 9.97 Å². The normalized spacial score (nSPS) is 20.1. The maximum absolute atomic E-state index is 12.7. The second-order valence-electron chi connectivity index (χ2n) is 7.75. The van der Waals surface area contributed by atoms with E-state index in [1.165, 1.54) is 22.8 Å². The van der Waals surface area contributed by atoms with Crippen molar-refractivity contribution in [1.82, 2.24) is 24.6 Å². The quantitative estimate of drug-likeness (QED) is 0.456. The Morgan fingerprint density at radius 2 is 1.87 bits per heavy atom. The minimum Gasteiger partial charge on any atom is -0.506 e. The fourth-order valence-electron chi connectivity index (χ4n) is 3.94. The molecule has 5 N–H and O–H groups in total. The first kappa shape index (κ1) is 19.5. The van der Waals surface area contributed by atoms with Crippen LogP contribution in [0.2, 0.25) is 0 Å². The number of phenols is 1.